The van der Waals surface area contributed by atoms with E-state index in [1.54, 1.807) is 42.2 Å². The molecule has 0 radical (unpaired) electrons. The van der Waals surface area contributed by atoms with E-state index in [4.69, 9.17) is 11.6 Å². The maximum Gasteiger partial charge on any atom is 0.243 e. The Morgan fingerprint density at radius 3 is 2.18 bits per heavy atom. The van der Waals surface area contributed by atoms with E-state index in [0.717, 1.165) is 15.3 Å². The number of sulfonamides is 1. The summed E-state index contributed by atoms with van der Waals surface area (Å²) in [6.45, 7) is 5.71. The topological polar surface area (TPSA) is 57.7 Å². The Labute approximate surface area is 203 Å². The first-order valence-electron chi connectivity index (χ1n) is 10.4. The molecule has 2 aromatic carbocycles. The number of halogens is 2. The quantitative estimate of drug-likeness (QED) is 0.384. The minimum Gasteiger partial charge on any atom is -0.332 e. The average molecular weight is 509 g/mol. The van der Waals surface area contributed by atoms with Gasteiger partial charge >= 0.3 is 0 Å². The Bertz CT molecular complexity index is 1190. The lowest BCUT2D eigenvalue weighted by atomic mass is 10.2. The maximum atomic E-state index is 13.4. The lowest BCUT2D eigenvalue weighted by Gasteiger charge is -2.29. The Morgan fingerprint density at radius 2 is 1.64 bits per heavy atom. The zero-order valence-corrected chi connectivity index (χ0v) is 21.1. The molecule has 0 bridgehead atoms. The summed E-state index contributed by atoms with van der Waals surface area (Å²) in [6, 6.07) is 15.3. The van der Waals surface area contributed by atoms with E-state index in [1.807, 2.05) is 19.1 Å². The average Bonchev–Trinajstić information content (AvgIpc) is 3.17. The van der Waals surface area contributed by atoms with Gasteiger partial charge in [0.1, 0.15) is 5.82 Å². The van der Waals surface area contributed by atoms with E-state index < -0.39 is 16.1 Å². The van der Waals surface area contributed by atoms with Crippen molar-refractivity contribution in [1.29, 1.82) is 0 Å². The molecule has 3 rings (SSSR count). The molecule has 1 aromatic heterocycles. The van der Waals surface area contributed by atoms with Gasteiger partial charge in [-0.25, -0.2) is 12.8 Å². The Hall–Kier alpha value is -2.26. The third-order valence-electron chi connectivity index (χ3n) is 5.07. The highest BCUT2D eigenvalue weighted by atomic mass is 35.5. The summed E-state index contributed by atoms with van der Waals surface area (Å²) in [6.07, 6.45) is 0. The minimum atomic E-state index is -3.91. The molecule has 0 aliphatic rings. The van der Waals surface area contributed by atoms with Crippen LogP contribution in [0.4, 0.5) is 4.39 Å². The lowest BCUT2D eigenvalue weighted by molar-refractivity contribution is -0.132. The van der Waals surface area contributed by atoms with Crippen LogP contribution in [0.2, 0.25) is 5.02 Å². The van der Waals surface area contributed by atoms with Crippen LogP contribution in [-0.4, -0.2) is 36.1 Å². The molecule has 5 nitrogen and oxygen atoms in total. The van der Waals surface area contributed by atoms with Gasteiger partial charge in [0, 0.05) is 27.4 Å². The molecular weight excluding hydrogens is 483 g/mol. The highest BCUT2D eigenvalue weighted by molar-refractivity contribution is 7.89. The van der Waals surface area contributed by atoms with Gasteiger partial charge in [-0.3, -0.25) is 4.79 Å². The van der Waals surface area contributed by atoms with Crippen molar-refractivity contribution >= 4 is 38.9 Å². The number of rotatable bonds is 9. The van der Waals surface area contributed by atoms with Crippen molar-refractivity contribution in [2.24, 2.45) is 0 Å². The van der Waals surface area contributed by atoms with E-state index in [9.17, 15) is 17.6 Å². The van der Waals surface area contributed by atoms with Gasteiger partial charge in [0.15, 0.2) is 0 Å². The fourth-order valence-corrected chi connectivity index (χ4v) is 5.94. The molecule has 33 heavy (non-hydrogen) atoms. The number of thiophene rings is 1. The lowest BCUT2D eigenvalue weighted by Crippen LogP contribution is -2.45. The van der Waals surface area contributed by atoms with Crippen molar-refractivity contribution in [1.82, 2.24) is 9.21 Å². The number of nitrogens with zero attached hydrogens (tertiary/aromatic N) is 2. The number of aryl methyl sites for hydroxylation is 1. The van der Waals surface area contributed by atoms with Crippen LogP contribution in [0.25, 0.3) is 0 Å². The highest BCUT2D eigenvalue weighted by Gasteiger charge is 2.31. The second kappa shape index (κ2) is 10.8. The molecule has 3 aromatic rings. The molecule has 176 valence electrons. The van der Waals surface area contributed by atoms with Gasteiger partial charge in [-0.05, 0) is 74.9 Å². The molecule has 9 heteroatoms. The van der Waals surface area contributed by atoms with Crippen molar-refractivity contribution in [3.63, 3.8) is 0 Å². The van der Waals surface area contributed by atoms with Crippen LogP contribution in [0, 0.1) is 12.7 Å². The molecule has 1 heterocycles. The smallest absolute Gasteiger partial charge is 0.243 e. The van der Waals surface area contributed by atoms with Crippen molar-refractivity contribution < 1.29 is 17.6 Å². The van der Waals surface area contributed by atoms with Gasteiger partial charge in [-0.15, -0.1) is 11.3 Å². The summed E-state index contributed by atoms with van der Waals surface area (Å²) in [4.78, 5) is 17.2. The van der Waals surface area contributed by atoms with E-state index in [0.29, 0.717) is 11.6 Å². The third-order valence-corrected chi connectivity index (χ3v) is 8.34. The normalized spacial score (nSPS) is 11.8. The Morgan fingerprint density at radius 1 is 1.00 bits per heavy atom. The monoisotopic (exact) mass is 508 g/mol. The fraction of sp³-hybridized carbons (Fsp3) is 0.292. The largest absolute Gasteiger partial charge is 0.332 e. The van der Waals surface area contributed by atoms with Crippen molar-refractivity contribution in [2.75, 3.05) is 6.54 Å². The minimum absolute atomic E-state index is 0.0763. The molecule has 0 spiro atoms. The molecule has 0 N–H and O–H groups in total. The molecule has 0 atom stereocenters. The second-order valence-corrected chi connectivity index (χ2v) is 11.7. The Balaban J connectivity index is 1.87. The van der Waals surface area contributed by atoms with E-state index in [1.165, 1.54) is 40.7 Å². The first-order chi connectivity index (χ1) is 15.6. The zero-order valence-electron chi connectivity index (χ0n) is 18.7. The van der Waals surface area contributed by atoms with Gasteiger partial charge in [-0.2, -0.15) is 4.31 Å². The molecule has 0 saturated heterocycles. The number of carbonyl (C=O) groups excluding carboxylic acids is 1. The molecule has 1 amide bonds. The van der Waals surface area contributed by atoms with E-state index >= 15 is 0 Å². The summed E-state index contributed by atoms with van der Waals surface area (Å²) >= 11 is 7.48. The fourth-order valence-electron chi connectivity index (χ4n) is 3.32. The van der Waals surface area contributed by atoms with Crippen molar-refractivity contribution in [3.8, 4) is 0 Å². The summed E-state index contributed by atoms with van der Waals surface area (Å²) in [7, 11) is -3.91. The van der Waals surface area contributed by atoms with E-state index in [2.05, 4.69) is 0 Å². The SMILES string of the molecule is Cc1ccc(CN(Cc2ccc(F)cc2)C(=O)CN(C(C)C)S(=O)(=O)c2ccc(Cl)cc2)s1. The van der Waals surface area contributed by atoms with Crippen LogP contribution in [0.1, 0.15) is 29.2 Å². The molecule has 0 aliphatic carbocycles. The van der Waals surface area contributed by atoms with Crippen LogP contribution in [0.5, 0.6) is 0 Å². The molecule has 0 unspecified atom stereocenters. The van der Waals surface area contributed by atoms with Crippen LogP contribution >= 0.6 is 22.9 Å². The zero-order chi connectivity index (χ0) is 24.2. The summed E-state index contributed by atoms with van der Waals surface area (Å²) in [5, 5.41) is 0.429. The summed E-state index contributed by atoms with van der Waals surface area (Å²) < 4.78 is 41.1. The summed E-state index contributed by atoms with van der Waals surface area (Å²) in [5.74, 6) is -0.692. The highest BCUT2D eigenvalue weighted by Crippen LogP contribution is 2.23. The van der Waals surface area contributed by atoms with Crippen LogP contribution < -0.4 is 0 Å². The summed E-state index contributed by atoms with van der Waals surface area (Å²) in [5.41, 5.74) is 0.759. The van der Waals surface area contributed by atoms with E-state index in [-0.39, 0.29) is 29.7 Å². The van der Waals surface area contributed by atoms with Crippen LogP contribution in [0.15, 0.2) is 65.6 Å². The Kier molecular flexibility index (Phi) is 8.28. The number of amides is 1. The number of hydrogen-bond acceptors (Lipinski definition) is 4. The number of hydrogen-bond donors (Lipinski definition) is 0. The van der Waals surface area contributed by atoms with Gasteiger partial charge in [0.2, 0.25) is 15.9 Å². The molecular formula is C24H26ClFN2O3S2. The van der Waals surface area contributed by atoms with Gasteiger partial charge < -0.3 is 4.90 Å². The number of carbonyl (C=O) groups is 1. The maximum absolute atomic E-state index is 13.4. The van der Waals surface area contributed by atoms with Gasteiger partial charge in [0.05, 0.1) is 18.0 Å². The van der Waals surface area contributed by atoms with Crippen LogP contribution in [-0.2, 0) is 27.9 Å². The molecule has 0 fully saturated rings. The standard InChI is InChI=1S/C24H26ClFN2O3S2/c1-17(2)28(33(30,31)23-12-7-20(25)8-13-23)16-24(29)27(15-22-11-4-18(3)32-22)14-19-5-9-21(26)10-6-19/h4-13,17H,14-16H2,1-3H3. The van der Waals surface area contributed by atoms with Crippen molar-refractivity contribution in [3.05, 3.63) is 86.8 Å². The predicted molar refractivity (Wildman–Crippen MR) is 130 cm³/mol. The predicted octanol–water partition coefficient (Wildman–Crippen LogP) is 5.48. The molecule has 0 aliphatic heterocycles. The van der Waals surface area contributed by atoms with Gasteiger partial charge in [0.25, 0.3) is 0 Å². The van der Waals surface area contributed by atoms with Crippen LogP contribution in [0.3, 0.4) is 0 Å². The third kappa shape index (κ3) is 6.63. The van der Waals surface area contributed by atoms with Crippen molar-refractivity contribution in [2.45, 2.75) is 44.8 Å². The first kappa shape index (κ1) is 25.4. The second-order valence-electron chi connectivity index (χ2n) is 7.99. The van der Waals surface area contributed by atoms with Gasteiger partial charge in [-0.1, -0.05) is 23.7 Å². The number of benzene rings is 2. The first-order valence-corrected chi connectivity index (χ1v) is 13.0. The molecule has 0 saturated carbocycles.